The highest BCUT2D eigenvalue weighted by atomic mass is 19.1. The Kier molecular flexibility index (Phi) is 5.59. The highest BCUT2D eigenvalue weighted by molar-refractivity contribution is 5.75. The van der Waals surface area contributed by atoms with E-state index in [0.717, 1.165) is 22.3 Å². The molecule has 0 saturated carbocycles. The SMILES string of the molecule is N#CCc1ccc(F)cc1C1=CC2COCC(C1)N2C(=O)OCc1ccccc1. The van der Waals surface area contributed by atoms with Gasteiger partial charge in [-0.3, -0.25) is 4.90 Å². The molecule has 2 aliphatic rings. The van der Waals surface area contributed by atoms with Crippen LogP contribution in [0.25, 0.3) is 5.57 Å². The summed E-state index contributed by atoms with van der Waals surface area (Å²) in [7, 11) is 0. The number of hydrogen-bond donors (Lipinski definition) is 0. The number of halogens is 1. The van der Waals surface area contributed by atoms with Gasteiger partial charge >= 0.3 is 6.09 Å². The van der Waals surface area contributed by atoms with Crippen LogP contribution < -0.4 is 0 Å². The van der Waals surface area contributed by atoms with E-state index in [-0.39, 0.29) is 37.0 Å². The normalized spacial score (nSPS) is 20.6. The van der Waals surface area contributed by atoms with Crippen LogP contribution >= 0.6 is 0 Å². The van der Waals surface area contributed by atoms with Crippen molar-refractivity contribution < 1.29 is 18.7 Å². The first-order chi connectivity index (χ1) is 14.2. The summed E-state index contributed by atoms with van der Waals surface area (Å²) < 4.78 is 25.1. The quantitative estimate of drug-likeness (QED) is 0.786. The predicted octanol–water partition coefficient (Wildman–Crippen LogP) is 4.09. The Bertz CT molecular complexity index is 968. The largest absolute Gasteiger partial charge is 0.445 e. The fraction of sp³-hybridized carbons (Fsp3) is 0.304. The number of rotatable bonds is 4. The molecule has 2 heterocycles. The Morgan fingerprint density at radius 2 is 2.07 bits per heavy atom. The van der Waals surface area contributed by atoms with Gasteiger partial charge in [-0.05, 0) is 40.8 Å². The van der Waals surface area contributed by atoms with Crippen LogP contribution in [0.4, 0.5) is 9.18 Å². The second kappa shape index (κ2) is 8.46. The first-order valence-electron chi connectivity index (χ1n) is 9.59. The maximum absolute atomic E-state index is 13.9. The van der Waals surface area contributed by atoms with Crippen LogP contribution in [0.3, 0.4) is 0 Å². The minimum atomic E-state index is -0.376. The molecular formula is C23H21FN2O3. The van der Waals surface area contributed by atoms with E-state index in [1.54, 1.807) is 11.0 Å². The van der Waals surface area contributed by atoms with Crippen LogP contribution in [0, 0.1) is 17.1 Å². The maximum Gasteiger partial charge on any atom is 0.411 e. The van der Waals surface area contributed by atoms with Crippen molar-refractivity contribution in [2.45, 2.75) is 31.5 Å². The molecule has 2 aromatic carbocycles. The third kappa shape index (κ3) is 4.15. The molecule has 1 fully saturated rings. The molecule has 2 unspecified atom stereocenters. The molecule has 1 amide bonds. The molecule has 6 heteroatoms. The molecule has 0 aromatic heterocycles. The van der Waals surface area contributed by atoms with Crippen molar-refractivity contribution in [3.8, 4) is 6.07 Å². The lowest BCUT2D eigenvalue weighted by molar-refractivity contribution is -0.0342. The van der Waals surface area contributed by atoms with Crippen molar-refractivity contribution in [2.75, 3.05) is 13.2 Å². The van der Waals surface area contributed by atoms with E-state index < -0.39 is 0 Å². The minimum Gasteiger partial charge on any atom is -0.445 e. The van der Waals surface area contributed by atoms with Crippen molar-refractivity contribution in [1.29, 1.82) is 5.26 Å². The van der Waals surface area contributed by atoms with Gasteiger partial charge in [0.15, 0.2) is 0 Å². The van der Waals surface area contributed by atoms with Crippen LogP contribution in [-0.4, -0.2) is 36.3 Å². The van der Waals surface area contributed by atoms with Gasteiger partial charge in [0.2, 0.25) is 0 Å². The Hall–Kier alpha value is -3.17. The molecular weight excluding hydrogens is 371 g/mol. The molecule has 0 N–H and O–H groups in total. The number of ether oxygens (including phenoxy) is 2. The lowest BCUT2D eigenvalue weighted by atomic mass is 9.87. The Morgan fingerprint density at radius 3 is 2.83 bits per heavy atom. The lowest BCUT2D eigenvalue weighted by Crippen LogP contribution is -2.56. The average Bonchev–Trinajstić information content (AvgIpc) is 2.73. The number of hydrogen-bond acceptors (Lipinski definition) is 4. The summed E-state index contributed by atoms with van der Waals surface area (Å²) in [6.45, 7) is 0.976. The minimum absolute atomic E-state index is 0.185. The Morgan fingerprint density at radius 1 is 1.24 bits per heavy atom. The van der Waals surface area contributed by atoms with Crippen molar-refractivity contribution in [1.82, 2.24) is 4.90 Å². The zero-order chi connectivity index (χ0) is 20.2. The van der Waals surface area contributed by atoms with Crippen molar-refractivity contribution in [3.05, 3.63) is 77.1 Å². The lowest BCUT2D eigenvalue weighted by Gasteiger charge is -2.44. The molecule has 148 valence electrons. The van der Waals surface area contributed by atoms with Gasteiger partial charge in [0.1, 0.15) is 12.4 Å². The van der Waals surface area contributed by atoms with E-state index in [2.05, 4.69) is 6.07 Å². The second-order valence-corrected chi connectivity index (χ2v) is 7.24. The van der Waals surface area contributed by atoms with E-state index in [4.69, 9.17) is 14.7 Å². The third-order valence-corrected chi connectivity index (χ3v) is 5.30. The molecule has 0 spiro atoms. The van der Waals surface area contributed by atoms with E-state index in [0.29, 0.717) is 19.6 Å². The van der Waals surface area contributed by atoms with Gasteiger partial charge in [0, 0.05) is 0 Å². The number of morpholine rings is 1. The van der Waals surface area contributed by atoms with E-state index in [1.165, 1.54) is 12.1 Å². The molecule has 2 atom stereocenters. The fourth-order valence-electron chi connectivity index (χ4n) is 3.96. The molecule has 0 aliphatic carbocycles. The summed E-state index contributed by atoms with van der Waals surface area (Å²) in [6, 6.07) is 15.7. The summed E-state index contributed by atoms with van der Waals surface area (Å²) in [4.78, 5) is 14.5. The summed E-state index contributed by atoms with van der Waals surface area (Å²) in [5, 5.41) is 9.09. The number of benzene rings is 2. The Balaban J connectivity index is 1.55. The van der Waals surface area contributed by atoms with Gasteiger partial charge < -0.3 is 9.47 Å². The van der Waals surface area contributed by atoms with Crippen LogP contribution in [0.15, 0.2) is 54.6 Å². The topological polar surface area (TPSA) is 62.6 Å². The summed E-state index contributed by atoms with van der Waals surface area (Å²) in [5.74, 6) is -0.339. The van der Waals surface area contributed by atoms with Gasteiger partial charge in [0.05, 0.1) is 37.8 Å². The van der Waals surface area contributed by atoms with Gasteiger partial charge in [-0.15, -0.1) is 0 Å². The summed E-state index contributed by atoms with van der Waals surface area (Å²) >= 11 is 0. The van der Waals surface area contributed by atoms with E-state index in [9.17, 15) is 9.18 Å². The molecule has 5 nitrogen and oxygen atoms in total. The monoisotopic (exact) mass is 392 g/mol. The predicted molar refractivity (Wildman–Crippen MR) is 105 cm³/mol. The molecule has 1 saturated heterocycles. The summed E-state index contributed by atoms with van der Waals surface area (Å²) in [6.07, 6.45) is 2.30. The van der Waals surface area contributed by atoms with Crippen LogP contribution in [0.2, 0.25) is 0 Å². The van der Waals surface area contributed by atoms with Gasteiger partial charge in [-0.25, -0.2) is 9.18 Å². The van der Waals surface area contributed by atoms with Crippen LogP contribution in [0.5, 0.6) is 0 Å². The van der Waals surface area contributed by atoms with Crippen LogP contribution in [0.1, 0.15) is 23.1 Å². The van der Waals surface area contributed by atoms with Crippen molar-refractivity contribution in [2.24, 2.45) is 0 Å². The highest BCUT2D eigenvalue weighted by Crippen LogP contribution is 2.35. The van der Waals surface area contributed by atoms with Crippen molar-refractivity contribution >= 4 is 11.7 Å². The summed E-state index contributed by atoms with van der Waals surface area (Å²) in [5.41, 5.74) is 3.40. The number of nitrogens with zero attached hydrogens (tertiary/aromatic N) is 2. The Labute approximate surface area is 169 Å². The fourth-order valence-corrected chi connectivity index (χ4v) is 3.96. The number of carbonyl (C=O) groups is 1. The molecule has 2 aliphatic heterocycles. The first-order valence-corrected chi connectivity index (χ1v) is 9.59. The molecule has 0 radical (unpaired) electrons. The van der Waals surface area contributed by atoms with E-state index >= 15 is 0 Å². The van der Waals surface area contributed by atoms with Crippen LogP contribution in [-0.2, 0) is 22.5 Å². The number of fused-ring (bicyclic) bond motifs is 2. The zero-order valence-corrected chi connectivity index (χ0v) is 15.9. The first kappa shape index (κ1) is 19.2. The van der Waals surface area contributed by atoms with Gasteiger partial charge in [0.25, 0.3) is 0 Å². The highest BCUT2D eigenvalue weighted by Gasteiger charge is 2.39. The third-order valence-electron chi connectivity index (χ3n) is 5.30. The van der Waals surface area contributed by atoms with Crippen molar-refractivity contribution in [3.63, 3.8) is 0 Å². The molecule has 2 bridgehead atoms. The molecule has 2 aromatic rings. The van der Waals surface area contributed by atoms with Gasteiger partial charge in [-0.2, -0.15) is 5.26 Å². The zero-order valence-electron chi connectivity index (χ0n) is 15.9. The van der Waals surface area contributed by atoms with Gasteiger partial charge in [-0.1, -0.05) is 42.5 Å². The number of nitriles is 1. The maximum atomic E-state index is 13.9. The molecule has 29 heavy (non-hydrogen) atoms. The smallest absolute Gasteiger partial charge is 0.411 e. The number of amides is 1. The standard InChI is InChI=1S/C23H21FN2O3/c24-19-7-6-17(8-9-25)22(12-19)18-10-20-14-28-15-21(11-18)26(20)23(27)29-13-16-4-2-1-3-5-16/h1-7,10,12,20-21H,8,11,13-15H2. The average molecular weight is 392 g/mol. The van der Waals surface area contributed by atoms with E-state index in [1.807, 2.05) is 36.4 Å². The molecule has 4 rings (SSSR count). The number of carbonyl (C=O) groups excluding carboxylic acids is 1. The second-order valence-electron chi connectivity index (χ2n) is 7.24.